The molecule has 0 spiro atoms. The maximum Gasteiger partial charge on any atom is 0.254 e. The number of nitrogens with one attached hydrogen (secondary N) is 1. The van der Waals surface area contributed by atoms with Crippen LogP contribution in [0.15, 0.2) is 18.2 Å². The first-order valence-electron chi connectivity index (χ1n) is 5.66. The van der Waals surface area contributed by atoms with Gasteiger partial charge in [0, 0.05) is 27.1 Å². The smallest absolute Gasteiger partial charge is 0.254 e. The molecular formula is C13H17FN2O2. The third-order valence-corrected chi connectivity index (χ3v) is 2.49. The van der Waals surface area contributed by atoms with Crippen LogP contribution >= 0.6 is 0 Å². The minimum absolute atomic E-state index is 0.00676. The summed E-state index contributed by atoms with van der Waals surface area (Å²) in [4.78, 5) is 24.4. The fourth-order valence-corrected chi connectivity index (χ4v) is 1.41. The molecule has 4 nitrogen and oxygen atoms in total. The van der Waals surface area contributed by atoms with E-state index in [0.717, 1.165) is 5.56 Å². The molecule has 0 aromatic heterocycles. The summed E-state index contributed by atoms with van der Waals surface area (Å²) >= 11 is 0. The molecule has 0 aliphatic rings. The molecule has 2 amide bonds. The van der Waals surface area contributed by atoms with Crippen LogP contribution < -0.4 is 5.32 Å². The lowest BCUT2D eigenvalue weighted by molar-refractivity contribution is -0.128. The largest absolute Gasteiger partial charge is 0.351 e. The summed E-state index contributed by atoms with van der Waals surface area (Å²) in [6.45, 7) is 1.98. The fraction of sp³-hybridized carbons (Fsp3) is 0.385. The van der Waals surface area contributed by atoms with Gasteiger partial charge in [-0.2, -0.15) is 0 Å². The van der Waals surface area contributed by atoms with E-state index in [1.54, 1.807) is 27.1 Å². The lowest BCUT2D eigenvalue weighted by Crippen LogP contribution is -2.30. The number of hydrogen-bond acceptors (Lipinski definition) is 2. The predicted octanol–water partition coefficient (Wildman–Crippen LogP) is 1.34. The standard InChI is InChI=1S/C13H17FN2O2/c1-9-4-5-11(14)10(8-9)13(18)15-7-6-12(17)16(2)3/h4-5,8H,6-7H2,1-3H3,(H,15,18). The van der Waals surface area contributed by atoms with E-state index in [-0.39, 0.29) is 24.4 Å². The number of hydrogen-bond donors (Lipinski definition) is 1. The number of halogens is 1. The predicted molar refractivity (Wildman–Crippen MR) is 66.8 cm³/mol. The summed E-state index contributed by atoms with van der Waals surface area (Å²) in [6, 6.07) is 4.34. The lowest BCUT2D eigenvalue weighted by atomic mass is 10.1. The third-order valence-electron chi connectivity index (χ3n) is 2.49. The Kier molecular flexibility index (Phi) is 4.83. The van der Waals surface area contributed by atoms with Gasteiger partial charge in [-0.1, -0.05) is 11.6 Å². The van der Waals surface area contributed by atoms with Crippen molar-refractivity contribution < 1.29 is 14.0 Å². The Hall–Kier alpha value is -1.91. The van der Waals surface area contributed by atoms with E-state index in [1.807, 2.05) is 0 Å². The lowest BCUT2D eigenvalue weighted by Gasteiger charge is -2.11. The number of aryl methyl sites for hydroxylation is 1. The number of carbonyl (C=O) groups is 2. The first kappa shape index (κ1) is 14.2. The topological polar surface area (TPSA) is 49.4 Å². The van der Waals surface area contributed by atoms with Gasteiger partial charge in [-0.15, -0.1) is 0 Å². The maximum absolute atomic E-state index is 13.4. The van der Waals surface area contributed by atoms with Gasteiger partial charge < -0.3 is 10.2 Å². The van der Waals surface area contributed by atoms with Gasteiger partial charge in [-0.3, -0.25) is 9.59 Å². The Morgan fingerprint density at radius 2 is 2.00 bits per heavy atom. The number of rotatable bonds is 4. The summed E-state index contributed by atoms with van der Waals surface area (Å²) < 4.78 is 13.4. The Labute approximate surface area is 106 Å². The average molecular weight is 252 g/mol. The van der Waals surface area contributed by atoms with E-state index in [4.69, 9.17) is 0 Å². The first-order valence-corrected chi connectivity index (χ1v) is 5.66. The monoisotopic (exact) mass is 252 g/mol. The van der Waals surface area contributed by atoms with Crippen molar-refractivity contribution in [1.82, 2.24) is 10.2 Å². The molecule has 0 saturated heterocycles. The van der Waals surface area contributed by atoms with Crippen molar-refractivity contribution in [3.8, 4) is 0 Å². The number of nitrogens with zero attached hydrogens (tertiary/aromatic N) is 1. The molecular weight excluding hydrogens is 235 g/mol. The van der Waals surface area contributed by atoms with E-state index >= 15 is 0 Å². The average Bonchev–Trinajstić information content (AvgIpc) is 2.31. The molecule has 5 heteroatoms. The SMILES string of the molecule is Cc1ccc(F)c(C(=O)NCCC(=O)N(C)C)c1. The van der Waals surface area contributed by atoms with Crippen LogP contribution in [0.1, 0.15) is 22.3 Å². The van der Waals surface area contributed by atoms with Crippen LogP contribution in [0, 0.1) is 12.7 Å². The zero-order valence-electron chi connectivity index (χ0n) is 10.8. The van der Waals surface area contributed by atoms with E-state index in [9.17, 15) is 14.0 Å². The molecule has 0 aliphatic heterocycles. The summed E-state index contributed by atoms with van der Waals surface area (Å²) in [5, 5.41) is 2.53. The highest BCUT2D eigenvalue weighted by Crippen LogP contribution is 2.09. The fourth-order valence-electron chi connectivity index (χ4n) is 1.41. The molecule has 98 valence electrons. The molecule has 1 N–H and O–H groups in total. The van der Waals surface area contributed by atoms with Crippen LogP contribution in [0.3, 0.4) is 0 Å². The van der Waals surface area contributed by atoms with Gasteiger partial charge in [0.1, 0.15) is 5.82 Å². The van der Waals surface area contributed by atoms with Crippen LogP contribution in [0.4, 0.5) is 4.39 Å². The van der Waals surface area contributed by atoms with Crippen molar-refractivity contribution in [3.05, 3.63) is 35.1 Å². The van der Waals surface area contributed by atoms with Crippen LogP contribution in [0.5, 0.6) is 0 Å². The molecule has 0 radical (unpaired) electrons. The number of amides is 2. The van der Waals surface area contributed by atoms with Gasteiger partial charge in [0.15, 0.2) is 0 Å². The van der Waals surface area contributed by atoms with Crippen molar-refractivity contribution in [2.24, 2.45) is 0 Å². The Bertz CT molecular complexity index is 458. The second-order valence-corrected chi connectivity index (χ2v) is 4.28. The van der Waals surface area contributed by atoms with E-state index < -0.39 is 11.7 Å². The second-order valence-electron chi connectivity index (χ2n) is 4.28. The van der Waals surface area contributed by atoms with Crippen LogP contribution in [0.2, 0.25) is 0 Å². The zero-order valence-corrected chi connectivity index (χ0v) is 10.8. The van der Waals surface area contributed by atoms with E-state index in [0.29, 0.717) is 0 Å². The van der Waals surface area contributed by atoms with Gasteiger partial charge >= 0.3 is 0 Å². The Morgan fingerprint density at radius 1 is 1.33 bits per heavy atom. The van der Waals surface area contributed by atoms with Gasteiger partial charge in [0.2, 0.25) is 5.91 Å². The van der Waals surface area contributed by atoms with Crippen molar-refractivity contribution in [3.63, 3.8) is 0 Å². The van der Waals surface area contributed by atoms with Gasteiger partial charge in [0.05, 0.1) is 5.56 Å². The van der Waals surface area contributed by atoms with Gasteiger partial charge in [0.25, 0.3) is 5.91 Å². The zero-order chi connectivity index (χ0) is 13.7. The first-order chi connectivity index (χ1) is 8.41. The summed E-state index contributed by atoms with van der Waals surface area (Å²) in [7, 11) is 3.29. The molecule has 0 aliphatic carbocycles. The summed E-state index contributed by atoms with van der Waals surface area (Å²) in [5.74, 6) is -1.14. The quantitative estimate of drug-likeness (QED) is 0.879. The number of carbonyl (C=O) groups excluding carboxylic acids is 2. The Balaban J connectivity index is 2.56. The minimum Gasteiger partial charge on any atom is -0.351 e. The second kappa shape index (κ2) is 6.14. The molecule has 0 heterocycles. The molecule has 0 saturated carbocycles. The van der Waals surface area contributed by atoms with Gasteiger partial charge in [-0.25, -0.2) is 4.39 Å². The molecule has 1 rings (SSSR count). The maximum atomic E-state index is 13.4. The van der Waals surface area contributed by atoms with Crippen LogP contribution in [0.25, 0.3) is 0 Å². The highest BCUT2D eigenvalue weighted by Gasteiger charge is 2.12. The van der Waals surface area contributed by atoms with Crippen LogP contribution in [-0.2, 0) is 4.79 Å². The normalized spacial score (nSPS) is 10.0. The molecule has 0 unspecified atom stereocenters. The van der Waals surface area contributed by atoms with Crippen molar-refractivity contribution in [1.29, 1.82) is 0 Å². The molecule has 18 heavy (non-hydrogen) atoms. The van der Waals surface area contributed by atoms with Crippen molar-refractivity contribution in [2.45, 2.75) is 13.3 Å². The summed E-state index contributed by atoms with van der Waals surface area (Å²) in [5.41, 5.74) is 0.818. The molecule has 0 atom stereocenters. The minimum atomic E-state index is -0.558. The highest BCUT2D eigenvalue weighted by atomic mass is 19.1. The van der Waals surface area contributed by atoms with Gasteiger partial charge in [-0.05, 0) is 19.1 Å². The number of benzene rings is 1. The molecule has 0 fully saturated rings. The molecule has 1 aromatic rings. The Morgan fingerprint density at radius 3 is 2.61 bits per heavy atom. The molecule has 0 bridgehead atoms. The molecule has 1 aromatic carbocycles. The van der Waals surface area contributed by atoms with E-state index in [1.165, 1.54) is 17.0 Å². The van der Waals surface area contributed by atoms with Crippen LogP contribution in [-0.4, -0.2) is 37.4 Å². The van der Waals surface area contributed by atoms with E-state index in [2.05, 4.69) is 5.32 Å². The highest BCUT2D eigenvalue weighted by molar-refractivity contribution is 5.94. The third kappa shape index (κ3) is 3.84. The van der Waals surface area contributed by atoms with Crippen molar-refractivity contribution >= 4 is 11.8 Å². The summed E-state index contributed by atoms with van der Waals surface area (Å²) in [6.07, 6.45) is 0.201. The van der Waals surface area contributed by atoms with Crippen molar-refractivity contribution in [2.75, 3.05) is 20.6 Å².